The molecule has 0 amide bonds. The van der Waals surface area contributed by atoms with Crippen LogP contribution in [0.3, 0.4) is 0 Å². The summed E-state index contributed by atoms with van der Waals surface area (Å²) in [7, 11) is 0. The van der Waals surface area contributed by atoms with E-state index in [1.807, 2.05) is 0 Å². The fourth-order valence-corrected chi connectivity index (χ4v) is 1.66. The van der Waals surface area contributed by atoms with Gasteiger partial charge in [0.1, 0.15) is 5.75 Å². The van der Waals surface area contributed by atoms with Crippen molar-refractivity contribution in [2.75, 3.05) is 6.54 Å². The van der Waals surface area contributed by atoms with Crippen LogP contribution in [0.4, 0.5) is 0 Å². The standard InChI is InChI=1S/C10H15ClN2O/c1-6-4-7(11)5-8(10(6)14)9(13)2-3-12/h4-5,9,14H,2-3,12-13H2,1H3/t9-/m1/s1. The minimum absolute atomic E-state index is 0.218. The van der Waals surface area contributed by atoms with Crippen molar-refractivity contribution in [3.8, 4) is 5.75 Å². The summed E-state index contributed by atoms with van der Waals surface area (Å²) in [6.07, 6.45) is 0.632. The second-order valence-electron chi connectivity index (χ2n) is 3.34. The van der Waals surface area contributed by atoms with E-state index < -0.39 is 0 Å². The second kappa shape index (κ2) is 4.64. The molecule has 0 saturated carbocycles. The molecular formula is C10H15ClN2O. The lowest BCUT2D eigenvalue weighted by atomic mass is 10.0. The van der Waals surface area contributed by atoms with Crippen molar-refractivity contribution in [1.29, 1.82) is 0 Å². The Balaban J connectivity index is 3.07. The van der Waals surface area contributed by atoms with Crippen molar-refractivity contribution < 1.29 is 5.11 Å². The van der Waals surface area contributed by atoms with Gasteiger partial charge in [-0.15, -0.1) is 0 Å². The average Bonchev–Trinajstić information content (AvgIpc) is 2.11. The highest BCUT2D eigenvalue weighted by molar-refractivity contribution is 6.30. The Morgan fingerprint density at radius 1 is 1.50 bits per heavy atom. The zero-order chi connectivity index (χ0) is 10.7. The zero-order valence-corrected chi connectivity index (χ0v) is 8.88. The van der Waals surface area contributed by atoms with Gasteiger partial charge in [0.05, 0.1) is 0 Å². The second-order valence-corrected chi connectivity index (χ2v) is 3.78. The summed E-state index contributed by atoms with van der Waals surface area (Å²) >= 11 is 5.87. The topological polar surface area (TPSA) is 72.3 Å². The predicted octanol–water partition coefficient (Wildman–Crippen LogP) is 1.70. The van der Waals surface area contributed by atoms with E-state index >= 15 is 0 Å². The first-order valence-corrected chi connectivity index (χ1v) is 4.88. The van der Waals surface area contributed by atoms with Gasteiger partial charge in [-0.05, 0) is 37.6 Å². The highest BCUT2D eigenvalue weighted by Crippen LogP contribution is 2.31. The van der Waals surface area contributed by atoms with Crippen LogP contribution < -0.4 is 11.5 Å². The lowest BCUT2D eigenvalue weighted by molar-refractivity contribution is 0.455. The van der Waals surface area contributed by atoms with Crippen LogP contribution in [-0.2, 0) is 0 Å². The molecule has 1 aromatic carbocycles. The van der Waals surface area contributed by atoms with E-state index in [0.29, 0.717) is 23.6 Å². The molecule has 0 radical (unpaired) electrons. The van der Waals surface area contributed by atoms with Crippen LogP contribution in [0.5, 0.6) is 5.75 Å². The van der Waals surface area contributed by atoms with Crippen LogP contribution in [0.15, 0.2) is 12.1 Å². The van der Waals surface area contributed by atoms with Crippen molar-refractivity contribution in [2.24, 2.45) is 11.5 Å². The van der Waals surface area contributed by atoms with Crippen LogP contribution >= 0.6 is 11.6 Å². The van der Waals surface area contributed by atoms with Gasteiger partial charge in [0.15, 0.2) is 0 Å². The fourth-order valence-electron chi connectivity index (χ4n) is 1.38. The molecule has 0 fully saturated rings. The molecule has 0 aromatic heterocycles. The van der Waals surface area contributed by atoms with Gasteiger partial charge in [-0.1, -0.05) is 11.6 Å². The Hall–Kier alpha value is -0.770. The minimum Gasteiger partial charge on any atom is -0.507 e. The number of aryl methyl sites for hydroxylation is 1. The van der Waals surface area contributed by atoms with Crippen LogP contribution in [0.2, 0.25) is 5.02 Å². The zero-order valence-electron chi connectivity index (χ0n) is 8.13. The van der Waals surface area contributed by atoms with E-state index in [0.717, 1.165) is 5.56 Å². The maximum Gasteiger partial charge on any atom is 0.123 e. The van der Waals surface area contributed by atoms with Crippen LogP contribution in [0.1, 0.15) is 23.6 Å². The molecule has 14 heavy (non-hydrogen) atoms. The number of rotatable bonds is 3. The fraction of sp³-hybridized carbons (Fsp3) is 0.400. The summed E-state index contributed by atoms with van der Waals surface area (Å²) in [5.74, 6) is 0.218. The van der Waals surface area contributed by atoms with E-state index in [4.69, 9.17) is 23.1 Å². The van der Waals surface area contributed by atoms with Gasteiger partial charge in [-0.3, -0.25) is 0 Å². The third kappa shape index (κ3) is 2.38. The Labute approximate surface area is 88.7 Å². The van der Waals surface area contributed by atoms with Gasteiger partial charge >= 0.3 is 0 Å². The van der Waals surface area contributed by atoms with Crippen LogP contribution in [-0.4, -0.2) is 11.7 Å². The minimum atomic E-state index is -0.252. The molecule has 0 heterocycles. The quantitative estimate of drug-likeness (QED) is 0.717. The molecule has 0 spiro atoms. The van der Waals surface area contributed by atoms with Crippen LogP contribution in [0, 0.1) is 6.92 Å². The van der Waals surface area contributed by atoms with Crippen molar-refractivity contribution in [1.82, 2.24) is 0 Å². The first-order valence-electron chi connectivity index (χ1n) is 4.51. The van der Waals surface area contributed by atoms with E-state index in [2.05, 4.69) is 0 Å². The lowest BCUT2D eigenvalue weighted by Gasteiger charge is -2.14. The first-order chi connectivity index (χ1) is 6.56. The number of hydrogen-bond donors (Lipinski definition) is 3. The molecule has 4 heteroatoms. The van der Waals surface area contributed by atoms with Gasteiger partial charge in [-0.25, -0.2) is 0 Å². The van der Waals surface area contributed by atoms with E-state index in [1.54, 1.807) is 19.1 Å². The van der Waals surface area contributed by atoms with Gasteiger partial charge in [0.2, 0.25) is 0 Å². The summed E-state index contributed by atoms with van der Waals surface area (Å²) < 4.78 is 0. The third-order valence-corrected chi connectivity index (χ3v) is 2.39. The molecule has 0 bridgehead atoms. The molecular weight excluding hydrogens is 200 g/mol. The molecule has 0 unspecified atom stereocenters. The summed E-state index contributed by atoms with van der Waals surface area (Å²) in [5.41, 5.74) is 12.6. The Bertz CT molecular complexity index is 328. The van der Waals surface area contributed by atoms with Gasteiger partial charge in [0, 0.05) is 16.6 Å². The van der Waals surface area contributed by atoms with E-state index in [-0.39, 0.29) is 11.8 Å². The normalized spacial score (nSPS) is 12.9. The first kappa shape index (κ1) is 11.3. The Morgan fingerprint density at radius 3 is 2.71 bits per heavy atom. The van der Waals surface area contributed by atoms with Gasteiger partial charge < -0.3 is 16.6 Å². The molecule has 3 nitrogen and oxygen atoms in total. The molecule has 1 atom stereocenters. The maximum atomic E-state index is 9.74. The molecule has 0 aliphatic heterocycles. The number of halogens is 1. The SMILES string of the molecule is Cc1cc(Cl)cc([C@H](N)CCN)c1O. The van der Waals surface area contributed by atoms with Gasteiger partial charge in [-0.2, -0.15) is 0 Å². The molecule has 78 valence electrons. The molecule has 1 rings (SSSR count). The summed E-state index contributed by atoms with van der Waals surface area (Å²) in [5, 5.41) is 10.3. The largest absolute Gasteiger partial charge is 0.507 e. The van der Waals surface area contributed by atoms with Crippen molar-refractivity contribution >= 4 is 11.6 Å². The number of aromatic hydroxyl groups is 1. The number of phenolic OH excluding ortho intramolecular Hbond substituents is 1. The van der Waals surface area contributed by atoms with Crippen molar-refractivity contribution in [3.05, 3.63) is 28.3 Å². The third-order valence-electron chi connectivity index (χ3n) is 2.17. The smallest absolute Gasteiger partial charge is 0.123 e. The number of phenols is 1. The number of nitrogens with two attached hydrogens (primary N) is 2. The predicted molar refractivity (Wildman–Crippen MR) is 58.5 cm³/mol. The van der Waals surface area contributed by atoms with E-state index in [1.165, 1.54) is 0 Å². The monoisotopic (exact) mass is 214 g/mol. The summed E-state index contributed by atoms with van der Waals surface area (Å²) in [4.78, 5) is 0. The average molecular weight is 215 g/mol. The summed E-state index contributed by atoms with van der Waals surface area (Å²) in [6, 6.07) is 3.14. The number of benzene rings is 1. The highest BCUT2D eigenvalue weighted by atomic mass is 35.5. The molecule has 0 aliphatic carbocycles. The van der Waals surface area contributed by atoms with Crippen LogP contribution in [0.25, 0.3) is 0 Å². The van der Waals surface area contributed by atoms with Crippen molar-refractivity contribution in [3.63, 3.8) is 0 Å². The summed E-state index contributed by atoms with van der Waals surface area (Å²) in [6.45, 7) is 2.28. The molecule has 5 N–H and O–H groups in total. The lowest BCUT2D eigenvalue weighted by Crippen LogP contribution is -2.15. The van der Waals surface area contributed by atoms with Crippen molar-refractivity contribution in [2.45, 2.75) is 19.4 Å². The number of hydrogen-bond acceptors (Lipinski definition) is 3. The van der Waals surface area contributed by atoms with E-state index in [9.17, 15) is 5.11 Å². The Kier molecular flexibility index (Phi) is 3.75. The highest BCUT2D eigenvalue weighted by Gasteiger charge is 2.12. The molecule has 0 saturated heterocycles. The molecule has 0 aliphatic rings. The maximum absolute atomic E-state index is 9.74. The Morgan fingerprint density at radius 2 is 2.14 bits per heavy atom. The van der Waals surface area contributed by atoms with Gasteiger partial charge in [0.25, 0.3) is 0 Å². The molecule has 1 aromatic rings.